The van der Waals surface area contributed by atoms with Gasteiger partial charge in [-0.15, -0.1) is 11.8 Å². The molecule has 106 valence electrons. The molecule has 5 heteroatoms. The number of ether oxygens (including phenoxy) is 1. The maximum atomic E-state index is 6.01. The summed E-state index contributed by atoms with van der Waals surface area (Å²) in [5, 5.41) is 5.18. The molecule has 1 heterocycles. The highest BCUT2D eigenvalue weighted by atomic mass is 35.5. The smallest absolute Gasteiger partial charge is 0.0700 e. The largest absolute Gasteiger partial charge is 0.377 e. The fourth-order valence-electron chi connectivity index (χ4n) is 2.08. The molecule has 0 aromatic heterocycles. The van der Waals surface area contributed by atoms with Crippen LogP contribution in [0.25, 0.3) is 0 Å². The third-order valence-corrected chi connectivity index (χ3v) is 4.89. The third kappa shape index (κ3) is 5.16. The summed E-state index contributed by atoms with van der Waals surface area (Å²) in [6.45, 7) is 5.03. The number of halogens is 2. The van der Waals surface area contributed by atoms with Crippen molar-refractivity contribution in [1.29, 1.82) is 0 Å². The first-order chi connectivity index (χ1) is 9.15. The molecule has 2 rings (SSSR count). The summed E-state index contributed by atoms with van der Waals surface area (Å²) < 4.78 is 5.58. The van der Waals surface area contributed by atoms with E-state index in [2.05, 4.69) is 12.2 Å². The molecule has 2 unspecified atom stereocenters. The van der Waals surface area contributed by atoms with E-state index in [1.54, 1.807) is 11.8 Å². The first kappa shape index (κ1) is 15.5. The topological polar surface area (TPSA) is 21.3 Å². The molecule has 1 aliphatic rings. The lowest BCUT2D eigenvalue weighted by Gasteiger charge is -2.15. The lowest BCUT2D eigenvalue weighted by atomic mass is 10.2. The first-order valence-corrected chi connectivity index (χ1v) is 8.22. The fraction of sp³-hybridized carbons (Fsp3) is 0.571. The Morgan fingerprint density at radius 2 is 2.26 bits per heavy atom. The monoisotopic (exact) mass is 319 g/mol. The summed E-state index contributed by atoms with van der Waals surface area (Å²) in [6, 6.07) is 5.78. The minimum absolute atomic E-state index is 0.405. The molecular formula is C14H19Cl2NOS. The van der Waals surface area contributed by atoms with Gasteiger partial charge < -0.3 is 10.1 Å². The van der Waals surface area contributed by atoms with Crippen molar-refractivity contribution in [3.63, 3.8) is 0 Å². The van der Waals surface area contributed by atoms with Crippen molar-refractivity contribution in [2.24, 2.45) is 0 Å². The van der Waals surface area contributed by atoms with E-state index in [1.165, 1.54) is 12.8 Å². The van der Waals surface area contributed by atoms with Gasteiger partial charge >= 0.3 is 0 Å². The number of nitrogens with one attached hydrogen (secondary N) is 1. The zero-order valence-corrected chi connectivity index (χ0v) is 13.3. The minimum atomic E-state index is 0.405. The first-order valence-electron chi connectivity index (χ1n) is 6.59. The molecule has 1 aromatic carbocycles. The molecule has 1 saturated heterocycles. The van der Waals surface area contributed by atoms with E-state index >= 15 is 0 Å². The molecule has 0 bridgehead atoms. The number of hydrogen-bond donors (Lipinski definition) is 1. The average Bonchev–Trinajstić information content (AvgIpc) is 2.87. The van der Waals surface area contributed by atoms with E-state index in [4.69, 9.17) is 27.9 Å². The van der Waals surface area contributed by atoms with Crippen LogP contribution in [0, 0.1) is 0 Å². The van der Waals surface area contributed by atoms with Gasteiger partial charge in [-0.2, -0.15) is 0 Å². The molecule has 0 aliphatic carbocycles. The molecule has 1 aliphatic heterocycles. The van der Waals surface area contributed by atoms with Crippen molar-refractivity contribution in [2.45, 2.75) is 36.0 Å². The van der Waals surface area contributed by atoms with Crippen molar-refractivity contribution in [2.75, 3.05) is 19.7 Å². The molecule has 0 radical (unpaired) electrons. The lowest BCUT2D eigenvalue weighted by Crippen LogP contribution is -2.30. The summed E-state index contributed by atoms with van der Waals surface area (Å²) in [7, 11) is 0. The highest BCUT2D eigenvalue weighted by molar-refractivity contribution is 8.00. The Morgan fingerprint density at radius 3 is 2.95 bits per heavy atom. The predicted octanol–water partition coefficient (Wildman–Crippen LogP) is 4.24. The predicted molar refractivity (Wildman–Crippen MR) is 83.6 cm³/mol. The van der Waals surface area contributed by atoms with Crippen molar-refractivity contribution in [3.05, 3.63) is 28.2 Å². The zero-order chi connectivity index (χ0) is 13.7. The van der Waals surface area contributed by atoms with Crippen molar-refractivity contribution < 1.29 is 4.74 Å². The second-order valence-corrected chi connectivity index (χ2v) is 7.12. The van der Waals surface area contributed by atoms with Crippen LogP contribution in [0.2, 0.25) is 10.0 Å². The van der Waals surface area contributed by atoms with Gasteiger partial charge in [0.15, 0.2) is 0 Å². The highest BCUT2D eigenvalue weighted by Crippen LogP contribution is 2.30. The van der Waals surface area contributed by atoms with Crippen LogP contribution in [0.4, 0.5) is 0 Å². The SMILES string of the molecule is CC(CNCC1CCCO1)Sc1ccc(Cl)c(Cl)c1. The van der Waals surface area contributed by atoms with Crippen LogP contribution in [-0.2, 0) is 4.74 Å². The normalized spacial score (nSPS) is 20.7. The Morgan fingerprint density at radius 1 is 1.42 bits per heavy atom. The Bertz CT molecular complexity index is 410. The van der Waals surface area contributed by atoms with Gasteiger partial charge in [0, 0.05) is 29.8 Å². The summed E-state index contributed by atoms with van der Waals surface area (Å²) in [5.41, 5.74) is 0. The summed E-state index contributed by atoms with van der Waals surface area (Å²) in [6.07, 6.45) is 2.78. The molecule has 2 atom stereocenters. The van der Waals surface area contributed by atoms with E-state index in [9.17, 15) is 0 Å². The maximum absolute atomic E-state index is 6.01. The molecule has 0 saturated carbocycles. The van der Waals surface area contributed by atoms with Gasteiger partial charge in [-0.25, -0.2) is 0 Å². The number of benzene rings is 1. The molecule has 19 heavy (non-hydrogen) atoms. The van der Waals surface area contributed by atoms with Gasteiger partial charge in [0.05, 0.1) is 16.1 Å². The fourth-order valence-corrected chi connectivity index (χ4v) is 3.44. The third-order valence-electron chi connectivity index (χ3n) is 3.06. The van der Waals surface area contributed by atoms with Crippen molar-refractivity contribution >= 4 is 35.0 Å². The quantitative estimate of drug-likeness (QED) is 0.792. The second-order valence-electron chi connectivity index (χ2n) is 4.80. The van der Waals surface area contributed by atoms with E-state index in [0.29, 0.717) is 21.4 Å². The van der Waals surface area contributed by atoms with Crippen LogP contribution in [0.1, 0.15) is 19.8 Å². The Balaban J connectivity index is 1.70. The molecule has 1 N–H and O–H groups in total. The van der Waals surface area contributed by atoms with Crippen molar-refractivity contribution in [3.8, 4) is 0 Å². The van der Waals surface area contributed by atoms with Gasteiger partial charge in [-0.1, -0.05) is 30.1 Å². The van der Waals surface area contributed by atoms with Crippen LogP contribution >= 0.6 is 35.0 Å². The van der Waals surface area contributed by atoms with Gasteiger partial charge in [-0.3, -0.25) is 0 Å². The molecule has 1 aromatic rings. The van der Waals surface area contributed by atoms with E-state index in [1.807, 2.05) is 18.2 Å². The highest BCUT2D eigenvalue weighted by Gasteiger charge is 2.15. The van der Waals surface area contributed by atoms with Gasteiger partial charge in [0.2, 0.25) is 0 Å². The van der Waals surface area contributed by atoms with Crippen LogP contribution < -0.4 is 5.32 Å². The van der Waals surface area contributed by atoms with E-state index in [-0.39, 0.29) is 0 Å². The zero-order valence-electron chi connectivity index (χ0n) is 11.0. The Labute approximate surface area is 129 Å². The van der Waals surface area contributed by atoms with Gasteiger partial charge in [0.25, 0.3) is 0 Å². The molecule has 0 amide bonds. The summed E-state index contributed by atoms with van der Waals surface area (Å²) in [4.78, 5) is 1.15. The van der Waals surface area contributed by atoms with Crippen LogP contribution in [0.5, 0.6) is 0 Å². The summed E-state index contributed by atoms with van der Waals surface area (Å²) >= 11 is 13.7. The van der Waals surface area contributed by atoms with Crippen LogP contribution in [0.15, 0.2) is 23.1 Å². The Kier molecular flexibility index (Phi) is 6.30. The molecular weight excluding hydrogens is 301 g/mol. The van der Waals surface area contributed by atoms with Gasteiger partial charge in [0.1, 0.15) is 0 Å². The molecule has 2 nitrogen and oxygen atoms in total. The lowest BCUT2D eigenvalue weighted by molar-refractivity contribution is 0.110. The van der Waals surface area contributed by atoms with Crippen molar-refractivity contribution in [1.82, 2.24) is 5.32 Å². The minimum Gasteiger partial charge on any atom is -0.377 e. The maximum Gasteiger partial charge on any atom is 0.0700 e. The van der Waals surface area contributed by atoms with Crippen LogP contribution in [-0.4, -0.2) is 31.1 Å². The average molecular weight is 320 g/mol. The van der Waals surface area contributed by atoms with E-state index in [0.717, 1.165) is 24.6 Å². The molecule has 0 spiro atoms. The van der Waals surface area contributed by atoms with Gasteiger partial charge in [-0.05, 0) is 31.0 Å². The number of rotatable bonds is 6. The Hall–Kier alpha value is 0.0700. The summed E-state index contributed by atoms with van der Waals surface area (Å²) in [5.74, 6) is 0. The number of thioether (sulfide) groups is 1. The van der Waals surface area contributed by atoms with E-state index < -0.39 is 0 Å². The molecule has 1 fully saturated rings. The second kappa shape index (κ2) is 7.75. The standard InChI is InChI=1S/C14H19Cl2NOS/c1-10(8-17-9-11-3-2-6-18-11)19-12-4-5-13(15)14(16)7-12/h4-5,7,10-11,17H,2-3,6,8-9H2,1H3. The van der Waals surface area contributed by atoms with Crippen LogP contribution in [0.3, 0.4) is 0 Å². The number of hydrogen-bond acceptors (Lipinski definition) is 3.